The highest BCUT2D eigenvalue weighted by molar-refractivity contribution is 6.32. The number of para-hydroxylation sites is 1. The summed E-state index contributed by atoms with van der Waals surface area (Å²) in [5.74, 6) is 0.0637. The van der Waals surface area contributed by atoms with Crippen LogP contribution >= 0.6 is 0 Å². The van der Waals surface area contributed by atoms with Gasteiger partial charge >= 0.3 is 0 Å². The van der Waals surface area contributed by atoms with Gasteiger partial charge in [-0.2, -0.15) is 0 Å². The van der Waals surface area contributed by atoms with Crippen LogP contribution in [0.5, 0.6) is 0 Å². The van der Waals surface area contributed by atoms with Crippen LogP contribution in [0.2, 0.25) is 0 Å². The first-order valence-electron chi connectivity index (χ1n) is 7.00. The first-order valence-corrected chi connectivity index (χ1v) is 7.00. The zero-order valence-electron chi connectivity index (χ0n) is 12.3. The predicted octanol–water partition coefficient (Wildman–Crippen LogP) is 3.14. The molecule has 1 heterocycles. The van der Waals surface area contributed by atoms with E-state index in [2.05, 4.69) is 0 Å². The largest absolute Gasteiger partial charge is 0.383 e. The van der Waals surface area contributed by atoms with E-state index in [4.69, 9.17) is 0 Å². The first-order chi connectivity index (χ1) is 10.2. The van der Waals surface area contributed by atoms with Crippen molar-refractivity contribution < 1.29 is 4.79 Å². The lowest BCUT2D eigenvalue weighted by molar-refractivity contribution is -0.113. The van der Waals surface area contributed by atoms with Gasteiger partial charge in [0.15, 0.2) is 0 Å². The number of fused-ring (bicyclic) bond motifs is 1. The summed E-state index contributed by atoms with van der Waals surface area (Å²) in [6, 6.07) is 18.0. The maximum atomic E-state index is 12.7. The SMILES string of the molecule is CN(C)/C=C1\C(=O)N(Cc2ccccc2)c2ccccc21. The van der Waals surface area contributed by atoms with Gasteiger partial charge in [0.2, 0.25) is 0 Å². The third kappa shape index (κ3) is 2.55. The molecule has 0 saturated heterocycles. The Morgan fingerprint density at radius 3 is 2.38 bits per heavy atom. The third-order valence-electron chi connectivity index (χ3n) is 3.53. The van der Waals surface area contributed by atoms with Crippen LogP contribution in [-0.2, 0) is 11.3 Å². The average molecular weight is 278 g/mol. The molecule has 1 amide bonds. The number of rotatable bonds is 3. The number of hydrogen-bond acceptors (Lipinski definition) is 2. The minimum Gasteiger partial charge on any atom is -0.383 e. The molecule has 21 heavy (non-hydrogen) atoms. The fourth-order valence-corrected chi connectivity index (χ4v) is 2.61. The molecule has 2 aromatic rings. The Morgan fingerprint density at radius 1 is 1.00 bits per heavy atom. The molecule has 0 spiro atoms. The molecule has 3 nitrogen and oxygen atoms in total. The number of hydrogen-bond donors (Lipinski definition) is 0. The second-order valence-electron chi connectivity index (χ2n) is 5.40. The van der Waals surface area contributed by atoms with Crippen molar-refractivity contribution in [3.8, 4) is 0 Å². The molecule has 3 rings (SSSR count). The molecular weight excluding hydrogens is 260 g/mol. The monoisotopic (exact) mass is 278 g/mol. The predicted molar refractivity (Wildman–Crippen MR) is 85.7 cm³/mol. The van der Waals surface area contributed by atoms with Crippen molar-refractivity contribution in [1.82, 2.24) is 4.90 Å². The summed E-state index contributed by atoms with van der Waals surface area (Å²) >= 11 is 0. The quantitative estimate of drug-likeness (QED) is 0.805. The van der Waals surface area contributed by atoms with Gasteiger partial charge in [0.05, 0.1) is 17.8 Å². The van der Waals surface area contributed by atoms with E-state index in [0.29, 0.717) is 6.54 Å². The zero-order chi connectivity index (χ0) is 14.8. The number of anilines is 1. The minimum absolute atomic E-state index is 0.0637. The molecule has 3 heteroatoms. The van der Waals surface area contributed by atoms with E-state index in [1.165, 1.54) is 0 Å². The molecule has 0 bridgehead atoms. The van der Waals surface area contributed by atoms with Gasteiger partial charge in [-0.3, -0.25) is 4.79 Å². The minimum atomic E-state index is 0.0637. The van der Waals surface area contributed by atoms with Crippen molar-refractivity contribution in [2.24, 2.45) is 0 Å². The Morgan fingerprint density at radius 2 is 1.67 bits per heavy atom. The van der Waals surface area contributed by atoms with Crippen molar-refractivity contribution in [1.29, 1.82) is 0 Å². The summed E-state index contributed by atoms with van der Waals surface area (Å²) in [7, 11) is 3.87. The second kappa shape index (κ2) is 5.44. The molecule has 1 aliphatic heterocycles. The number of carbonyl (C=O) groups is 1. The maximum absolute atomic E-state index is 12.7. The van der Waals surface area contributed by atoms with Gasteiger partial charge in [0, 0.05) is 25.9 Å². The number of nitrogens with zero attached hydrogens (tertiary/aromatic N) is 2. The molecule has 0 saturated carbocycles. The molecule has 0 aromatic heterocycles. The second-order valence-corrected chi connectivity index (χ2v) is 5.40. The standard InChI is InChI=1S/C18H18N2O/c1-19(2)13-16-15-10-6-7-11-17(15)20(18(16)21)12-14-8-4-3-5-9-14/h3-11,13H,12H2,1-2H3/b16-13-. The summed E-state index contributed by atoms with van der Waals surface area (Å²) in [5, 5.41) is 0. The number of carbonyl (C=O) groups excluding carboxylic acids is 1. The normalized spacial score (nSPS) is 15.4. The van der Waals surface area contributed by atoms with Gasteiger partial charge in [-0.1, -0.05) is 48.5 Å². The van der Waals surface area contributed by atoms with Gasteiger partial charge < -0.3 is 9.80 Å². The number of benzene rings is 2. The van der Waals surface area contributed by atoms with Crippen molar-refractivity contribution in [2.75, 3.05) is 19.0 Å². The highest BCUT2D eigenvalue weighted by atomic mass is 16.2. The topological polar surface area (TPSA) is 23.6 Å². The first kappa shape index (κ1) is 13.4. The molecular formula is C18H18N2O. The van der Waals surface area contributed by atoms with Crippen LogP contribution in [-0.4, -0.2) is 24.9 Å². The van der Waals surface area contributed by atoms with Crippen molar-refractivity contribution in [3.05, 3.63) is 71.9 Å². The lowest BCUT2D eigenvalue weighted by Gasteiger charge is -2.17. The zero-order valence-corrected chi connectivity index (χ0v) is 12.3. The van der Waals surface area contributed by atoms with E-state index in [0.717, 1.165) is 22.4 Å². The van der Waals surface area contributed by atoms with Gasteiger partial charge in [0.1, 0.15) is 0 Å². The Labute approximate surface area is 125 Å². The summed E-state index contributed by atoms with van der Waals surface area (Å²) in [5.41, 5.74) is 3.88. The molecule has 0 atom stereocenters. The van der Waals surface area contributed by atoms with E-state index < -0.39 is 0 Å². The molecule has 0 radical (unpaired) electrons. The van der Waals surface area contributed by atoms with Crippen LogP contribution < -0.4 is 4.90 Å². The van der Waals surface area contributed by atoms with Crippen molar-refractivity contribution in [2.45, 2.75) is 6.54 Å². The smallest absolute Gasteiger partial charge is 0.260 e. The fraction of sp³-hybridized carbons (Fsp3) is 0.167. The van der Waals surface area contributed by atoms with E-state index in [9.17, 15) is 4.79 Å². The van der Waals surface area contributed by atoms with Crippen LogP contribution in [0.3, 0.4) is 0 Å². The summed E-state index contributed by atoms with van der Waals surface area (Å²) < 4.78 is 0. The van der Waals surface area contributed by atoms with Gasteiger partial charge in [-0.25, -0.2) is 0 Å². The van der Waals surface area contributed by atoms with Gasteiger partial charge in [-0.05, 0) is 11.6 Å². The summed E-state index contributed by atoms with van der Waals surface area (Å²) in [6.07, 6.45) is 1.90. The average Bonchev–Trinajstić information content (AvgIpc) is 2.74. The Hall–Kier alpha value is -2.55. The molecule has 0 unspecified atom stereocenters. The van der Waals surface area contributed by atoms with E-state index in [1.54, 1.807) is 0 Å². The fourth-order valence-electron chi connectivity index (χ4n) is 2.61. The van der Waals surface area contributed by atoms with Gasteiger partial charge in [-0.15, -0.1) is 0 Å². The molecule has 0 aliphatic carbocycles. The van der Waals surface area contributed by atoms with Crippen molar-refractivity contribution in [3.63, 3.8) is 0 Å². The number of amides is 1. The van der Waals surface area contributed by atoms with E-state index in [-0.39, 0.29) is 5.91 Å². The van der Waals surface area contributed by atoms with Crippen LogP contribution in [0, 0.1) is 0 Å². The van der Waals surface area contributed by atoms with Crippen LogP contribution in [0.15, 0.2) is 60.8 Å². The molecule has 1 aliphatic rings. The molecule has 0 fully saturated rings. The Balaban J connectivity index is 2.01. The molecule has 0 N–H and O–H groups in total. The van der Waals surface area contributed by atoms with Crippen LogP contribution in [0.1, 0.15) is 11.1 Å². The highest BCUT2D eigenvalue weighted by Crippen LogP contribution is 2.37. The lowest BCUT2D eigenvalue weighted by Crippen LogP contribution is -2.26. The Kier molecular flexibility index (Phi) is 3.48. The van der Waals surface area contributed by atoms with E-state index >= 15 is 0 Å². The van der Waals surface area contributed by atoms with Crippen molar-refractivity contribution >= 4 is 17.2 Å². The van der Waals surface area contributed by atoms with Crippen LogP contribution in [0.25, 0.3) is 5.57 Å². The van der Waals surface area contributed by atoms with Gasteiger partial charge in [0.25, 0.3) is 5.91 Å². The third-order valence-corrected chi connectivity index (χ3v) is 3.53. The molecule has 106 valence electrons. The maximum Gasteiger partial charge on any atom is 0.260 e. The van der Waals surface area contributed by atoms with Crippen LogP contribution in [0.4, 0.5) is 5.69 Å². The lowest BCUT2D eigenvalue weighted by atomic mass is 10.1. The summed E-state index contributed by atoms with van der Waals surface area (Å²) in [4.78, 5) is 16.5. The highest BCUT2D eigenvalue weighted by Gasteiger charge is 2.32. The summed E-state index contributed by atoms with van der Waals surface area (Å²) in [6.45, 7) is 0.599. The van der Waals surface area contributed by atoms with E-state index in [1.807, 2.05) is 84.7 Å². The Bertz CT molecular complexity index is 689. The molecule has 2 aromatic carbocycles.